The summed E-state index contributed by atoms with van der Waals surface area (Å²) in [4.78, 5) is 18.3. The maximum Gasteiger partial charge on any atom is 0.244 e. The van der Waals surface area contributed by atoms with Crippen molar-refractivity contribution in [1.82, 2.24) is 15.2 Å². The molecule has 6 nitrogen and oxygen atoms in total. The monoisotopic (exact) mass is 349 g/mol. The van der Waals surface area contributed by atoms with Gasteiger partial charge in [0.15, 0.2) is 9.84 Å². The van der Waals surface area contributed by atoms with Gasteiger partial charge in [0.25, 0.3) is 0 Å². The minimum Gasteiger partial charge on any atom is -0.347 e. The molecule has 0 bridgehead atoms. The Morgan fingerprint density at radius 3 is 2.58 bits per heavy atom. The molecule has 0 aliphatic carbocycles. The molecule has 0 radical (unpaired) electrons. The van der Waals surface area contributed by atoms with Gasteiger partial charge in [-0.15, -0.1) is 0 Å². The van der Waals surface area contributed by atoms with Crippen LogP contribution in [-0.2, 0) is 14.6 Å². The van der Waals surface area contributed by atoms with Gasteiger partial charge in [-0.3, -0.25) is 14.7 Å². The van der Waals surface area contributed by atoms with Gasteiger partial charge in [0.05, 0.1) is 17.5 Å². The number of carbonyl (C=O) groups excluding carboxylic acids is 1. The van der Waals surface area contributed by atoms with Crippen LogP contribution in [0.15, 0.2) is 30.6 Å². The fraction of sp³-hybridized carbons (Fsp3) is 0.529. The highest BCUT2D eigenvalue weighted by atomic mass is 32.2. The van der Waals surface area contributed by atoms with Crippen molar-refractivity contribution >= 4 is 21.8 Å². The molecule has 2 fully saturated rings. The molecular weight excluding hydrogens is 326 g/mol. The first-order valence-corrected chi connectivity index (χ1v) is 10.2. The maximum absolute atomic E-state index is 12.2. The summed E-state index contributed by atoms with van der Waals surface area (Å²) in [5, 5.41) is 2.89. The first kappa shape index (κ1) is 17.1. The molecule has 2 unspecified atom stereocenters. The van der Waals surface area contributed by atoms with Crippen molar-refractivity contribution in [2.24, 2.45) is 0 Å². The summed E-state index contributed by atoms with van der Waals surface area (Å²) in [5.74, 6) is -0.0782. The van der Waals surface area contributed by atoms with E-state index in [0.717, 1.165) is 31.5 Å². The number of likely N-dealkylation sites (tertiary alicyclic amines) is 1. The number of nitrogens with zero attached hydrogens (tertiary/aromatic N) is 2. The molecule has 1 aromatic heterocycles. The van der Waals surface area contributed by atoms with E-state index in [1.807, 2.05) is 0 Å². The maximum atomic E-state index is 12.2. The zero-order valence-corrected chi connectivity index (χ0v) is 14.4. The first-order valence-electron chi connectivity index (χ1n) is 8.37. The Kier molecular flexibility index (Phi) is 5.30. The summed E-state index contributed by atoms with van der Waals surface area (Å²) in [6, 6.07) is 3.18. The van der Waals surface area contributed by atoms with Crippen molar-refractivity contribution in [1.29, 1.82) is 0 Å². The summed E-state index contributed by atoms with van der Waals surface area (Å²) < 4.78 is 24.1. The van der Waals surface area contributed by atoms with E-state index >= 15 is 0 Å². The van der Waals surface area contributed by atoms with E-state index in [9.17, 15) is 13.2 Å². The SMILES string of the molecule is O=C(/C=C/c1ccncc1)NC1CS(=O)(=O)CC1N1CCCCC1. The summed E-state index contributed by atoms with van der Waals surface area (Å²) in [6.07, 6.45) is 9.87. The highest BCUT2D eigenvalue weighted by Gasteiger charge is 2.41. The van der Waals surface area contributed by atoms with E-state index in [2.05, 4.69) is 15.2 Å². The molecule has 7 heteroatoms. The average molecular weight is 349 g/mol. The second kappa shape index (κ2) is 7.44. The molecule has 3 heterocycles. The van der Waals surface area contributed by atoms with Crippen molar-refractivity contribution < 1.29 is 13.2 Å². The van der Waals surface area contributed by atoms with E-state index < -0.39 is 9.84 Å². The Labute approximate surface area is 142 Å². The normalized spacial score (nSPS) is 27.3. The van der Waals surface area contributed by atoms with Crippen LogP contribution in [0, 0.1) is 0 Å². The number of sulfone groups is 1. The zero-order valence-electron chi connectivity index (χ0n) is 13.6. The third-order valence-corrected chi connectivity index (χ3v) is 6.36. The second-order valence-corrected chi connectivity index (χ2v) is 8.62. The lowest BCUT2D eigenvalue weighted by Gasteiger charge is -2.34. The number of hydrogen-bond acceptors (Lipinski definition) is 5. The van der Waals surface area contributed by atoms with Crippen LogP contribution in [-0.4, -0.2) is 60.9 Å². The number of hydrogen-bond donors (Lipinski definition) is 1. The molecule has 0 spiro atoms. The van der Waals surface area contributed by atoms with Gasteiger partial charge in [-0.25, -0.2) is 8.42 Å². The van der Waals surface area contributed by atoms with E-state index in [4.69, 9.17) is 0 Å². The van der Waals surface area contributed by atoms with Gasteiger partial charge in [0, 0.05) is 24.5 Å². The van der Waals surface area contributed by atoms with Gasteiger partial charge in [0.1, 0.15) is 0 Å². The zero-order chi connectivity index (χ0) is 17.0. The van der Waals surface area contributed by atoms with Crippen LogP contribution in [0.25, 0.3) is 6.08 Å². The molecule has 0 aromatic carbocycles. The lowest BCUT2D eigenvalue weighted by atomic mass is 10.0. The van der Waals surface area contributed by atoms with Gasteiger partial charge in [0.2, 0.25) is 5.91 Å². The minimum atomic E-state index is -3.10. The molecule has 2 aliphatic heterocycles. The Bertz CT molecular complexity index is 697. The van der Waals surface area contributed by atoms with E-state index in [0.29, 0.717) is 0 Å². The van der Waals surface area contributed by atoms with E-state index in [1.54, 1.807) is 30.6 Å². The van der Waals surface area contributed by atoms with Crippen molar-refractivity contribution in [2.45, 2.75) is 31.3 Å². The number of rotatable bonds is 4. The number of aromatic nitrogens is 1. The smallest absolute Gasteiger partial charge is 0.244 e. The van der Waals surface area contributed by atoms with Crippen molar-refractivity contribution in [3.8, 4) is 0 Å². The highest BCUT2D eigenvalue weighted by molar-refractivity contribution is 7.91. The van der Waals surface area contributed by atoms with Crippen molar-refractivity contribution in [2.75, 3.05) is 24.6 Å². The van der Waals surface area contributed by atoms with E-state index in [-0.39, 0.29) is 29.5 Å². The third kappa shape index (κ3) is 4.42. The molecule has 1 N–H and O–H groups in total. The average Bonchev–Trinajstić information content (AvgIpc) is 2.89. The first-order chi connectivity index (χ1) is 11.5. The summed E-state index contributed by atoms with van der Waals surface area (Å²) >= 11 is 0. The fourth-order valence-electron chi connectivity index (χ4n) is 3.45. The van der Waals surface area contributed by atoms with E-state index in [1.165, 1.54) is 12.5 Å². The number of carbonyl (C=O) groups is 1. The second-order valence-electron chi connectivity index (χ2n) is 6.47. The van der Waals surface area contributed by atoms with Crippen LogP contribution in [0.3, 0.4) is 0 Å². The number of nitrogens with one attached hydrogen (secondary N) is 1. The van der Waals surface area contributed by atoms with Gasteiger partial charge in [-0.2, -0.15) is 0 Å². The lowest BCUT2D eigenvalue weighted by molar-refractivity contribution is -0.117. The molecule has 2 atom stereocenters. The Balaban J connectivity index is 1.65. The topological polar surface area (TPSA) is 79.4 Å². The van der Waals surface area contributed by atoms with Crippen LogP contribution in [0.2, 0.25) is 0 Å². The summed E-state index contributed by atoms with van der Waals surface area (Å²) in [5.41, 5.74) is 0.881. The van der Waals surface area contributed by atoms with Gasteiger partial charge < -0.3 is 5.32 Å². The van der Waals surface area contributed by atoms with Gasteiger partial charge >= 0.3 is 0 Å². The predicted octanol–water partition coefficient (Wildman–Crippen LogP) is 0.862. The summed E-state index contributed by atoms with van der Waals surface area (Å²) in [7, 11) is -3.10. The van der Waals surface area contributed by atoms with Crippen LogP contribution in [0.1, 0.15) is 24.8 Å². The molecule has 2 aliphatic rings. The van der Waals surface area contributed by atoms with Crippen LogP contribution >= 0.6 is 0 Å². The number of amides is 1. The molecule has 3 rings (SSSR count). The lowest BCUT2D eigenvalue weighted by Crippen LogP contribution is -2.52. The largest absolute Gasteiger partial charge is 0.347 e. The highest BCUT2D eigenvalue weighted by Crippen LogP contribution is 2.22. The Morgan fingerprint density at radius 2 is 1.88 bits per heavy atom. The van der Waals surface area contributed by atoms with Crippen LogP contribution in [0.5, 0.6) is 0 Å². The van der Waals surface area contributed by atoms with Crippen molar-refractivity contribution in [3.63, 3.8) is 0 Å². The molecule has 1 aromatic rings. The third-order valence-electron chi connectivity index (χ3n) is 4.64. The molecule has 130 valence electrons. The van der Waals surface area contributed by atoms with Crippen molar-refractivity contribution in [3.05, 3.63) is 36.2 Å². The Hall–Kier alpha value is -1.73. The molecule has 24 heavy (non-hydrogen) atoms. The van der Waals surface area contributed by atoms with Crippen LogP contribution < -0.4 is 5.32 Å². The van der Waals surface area contributed by atoms with Gasteiger partial charge in [-0.05, 0) is 49.7 Å². The molecule has 1 amide bonds. The molecular formula is C17H23N3O3S. The predicted molar refractivity (Wildman–Crippen MR) is 93.1 cm³/mol. The molecule has 2 saturated heterocycles. The van der Waals surface area contributed by atoms with Crippen LogP contribution in [0.4, 0.5) is 0 Å². The quantitative estimate of drug-likeness (QED) is 0.816. The minimum absolute atomic E-state index is 0.0308. The standard InChI is InChI=1S/C17H23N3O3S/c21-17(5-4-14-6-8-18-9-7-14)19-15-12-24(22,23)13-16(15)20-10-2-1-3-11-20/h4-9,15-16H,1-3,10-13H2,(H,19,21)/b5-4+. The fourth-order valence-corrected chi connectivity index (χ4v) is 5.41. The molecule has 0 saturated carbocycles. The number of pyridine rings is 1. The van der Waals surface area contributed by atoms with Gasteiger partial charge in [-0.1, -0.05) is 6.42 Å². The number of piperidine rings is 1. The summed E-state index contributed by atoms with van der Waals surface area (Å²) in [6.45, 7) is 1.83. The Morgan fingerprint density at radius 1 is 1.17 bits per heavy atom.